The molecule has 1 radical (unpaired) electrons. The van der Waals surface area contributed by atoms with Crippen molar-refractivity contribution in [2.24, 2.45) is 7.05 Å². The van der Waals surface area contributed by atoms with Crippen molar-refractivity contribution in [1.82, 2.24) is 14.0 Å². The molecule has 0 spiro atoms. The Bertz CT molecular complexity index is 1300. The molecule has 0 N–H and O–H groups in total. The summed E-state index contributed by atoms with van der Waals surface area (Å²) in [6.07, 6.45) is 3.45. The molecule has 0 amide bonds. The predicted molar refractivity (Wildman–Crippen MR) is 106 cm³/mol. The maximum Gasteiger partial charge on any atom is 0.303 e. The van der Waals surface area contributed by atoms with Crippen molar-refractivity contribution in [2.75, 3.05) is 0 Å². The third kappa shape index (κ3) is 2.83. The Kier molecular flexibility index (Phi) is 4.94. The van der Waals surface area contributed by atoms with Gasteiger partial charge in [-0.25, -0.2) is 10.1 Å². The molecular weight excluding hydrogens is 421 g/mol. The molecule has 0 fully saturated rings. The zero-order valence-electron chi connectivity index (χ0n) is 16.1. The molecule has 2 aromatic carbocycles. The number of pyridine rings is 1. The van der Waals surface area contributed by atoms with Gasteiger partial charge < -0.3 is 4.57 Å². The SMILES string of the molecule is Cc1c(C)n2c3ccccc3nc2n1-c1ccc(-c2[c-]cccc2)[c-][n+]1C.[Y]. The number of fused-ring (bicyclic) bond motifs is 3. The number of para-hydroxylation sites is 2. The molecule has 0 saturated carbocycles. The zero-order chi connectivity index (χ0) is 18.5. The summed E-state index contributed by atoms with van der Waals surface area (Å²) in [5.41, 5.74) is 6.57. The van der Waals surface area contributed by atoms with Crippen LogP contribution in [0.5, 0.6) is 0 Å². The number of rotatable bonds is 2. The Labute approximate surface area is 189 Å². The number of benzene rings is 2. The first kappa shape index (κ1) is 19.0. The molecule has 135 valence electrons. The number of nitrogens with zero attached hydrogens (tertiary/aromatic N) is 4. The fraction of sp³-hybridized carbons (Fsp3) is 0.130. The predicted octanol–water partition coefficient (Wildman–Crippen LogP) is 3.98. The fourth-order valence-corrected chi connectivity index (χ4v) is 3.72. The van der Waals surface area contributed by atoms with E-state index in [4.69, 9.17) is 4.98 Å². The average Bonchev–Trinajstić information content (AvgIpc) is 3.18. The minimum absolute atomic E-state index is 0. The first-order chi connectivity index (χ1) is 13.1. The molecule has 4 nitrogen and oxygen atoms in total. The molecule has 3 aromatic heterocycles. The van der Waals surface area contributed by atoms with Crippen molar-refractivity contribution in [3.63, 3.8) is 0 Å². The number of aryl methyl sites for hydroxylation is 2. The van der Waals surface area contributed by atoms with Crippen molar-refractivity contribution in [3.05, 3.63) is 84.3 Å². The third-order valence-corrected chi connectivity index (χ3v) is 5.20. The number of hydrogen-bond acceptors (Lipinski definition) is 1. The largest absolute Gasteiger partial charge is 0.324 e. The summed E-state index contributed by atoms with van der Waals surface area (Å²) >= 11 is 0. The quantitative estimate of drug-likeness (QED) is 0.301. The van der Waals surface area contributed by atoms with E-state index in [9.17, 15) is 0 Å². The Morgan fingerprint density at radius 3 is 2.43 bits per heavy atom. The Morgan fingerprint density at radius 1 is 0.893 bits per heavy atom. The molecule has 3 heterocycles. The van der Waals surface area contributed by atoms with Crippen LogP contribution < -0.4 is 4.57 Å². The van der Waals surface area contributed by atoms with E-state index in [0.29, 0.717) is 0 Å². The summed E-state index contributed by atoms with van der Waals surface area (Å²) in [6.45, 7) is 4.28. The van der Waals surface area contributed by atoms with Crippen LogP contribution in [-0.4, -0.2) is 14.0 Å². The maximum atomic E-state index is 4.89. The Hall–Kier alpha value is -2.30. The summed E-state index contributed by atoms with van der Waals surface area (Å²) in [4.78, 5) is 4.89. The molecule has 0 bridgehead atoms. The summed E-state index contributed by atoms with van der Waals surface area (Å²) in [6, 6.07) is 23.7. The second-order valence-electron chi connectivity index (χ2n) is 6.79. The summed E-state index contributed by atoms with van der Waals surface area (Å²) in [5.74, 6) is 1.95. The Balaban J connectivity index is 0.00000192. The normalized spacial score (nSPS) is 11.1. The smallest absolute Gasteiger partial charge is 0.303 e. The molecule has 0 aliphatic rings. The zero-order valence-corrected chi connectivity index (χ0v) is 19.0. The van der Waals surface area contributed by atoms with E-state index in [0.717, 1.165) is 33.8 Å². The van der Waals surface area contributed by atoms with Gasteiger partial charge in [-0.05, 0) is 32.2 Å². The number of imidazole rings is 2. The van der Waals surface area contributed by atoms with Crippen LogP contribution in [0.3, 0.4) is 0 Å². The van der Waals surface area contributed by atoms with Crippen molar-refractivity contribution < 1.29 is 37.3 Å². The van der Waals surface area contributed by atoms with Gasteiger partial charge in [0.1, 0.15) is 5.69 Å². The Morgan fingerprint density at radius 2 is 1.68 bits per heavy atom. The van der Waals surface area contributed by atoms with Gasteiger partial charge in [0.25, 0.3) is 0 Å². The van der Waals surface area contributed by atoms with E-state index < -0.39 is 0 Å². The van der Waals surface area contributed by atoms with Crippen LogP contribution in [0.4, 0.5) is 0 Å². The van der Waals surface area contributed by atoms with Crippen molar-refractivity contribution in [1.29, 1.82) is 0 Å². The molecule has 0 saturated heterocycles. The van der Waals surface area contributed by atoms with Crippen molar-refractivity contribution in [3.8, 4) is 16.9 Å². The van der Waals surface area contributed by atoms with Gasteiger partial charge in [0, 0.05) is 32.7 Å². The van der Waals surface area contributed by atoms with Gasteiger partial charge in [-0.15, -0.1) is 6.07 Å². The summed E-state index contributed by atoms with van der Waals surface area (Å²) in [5, 5.41) is 0. The van der Waals surface area contributed by atoms with E-state index >= 15 is 0 Å². The molecule has 5 rings (SSSR count). The van der Waals surface area contributed by atoms with Crippen LogP contribution in [0, 0.1) is 26.1 Å². The average molecular weight is 440 g/mol. The molecule has 0 aliphatic heterocycles. The molecule has 0 atom stereocenters. The molecular formula is C23H19N4Y-. The van der Waals surface area contributed by atoms with E-state index in [1.54, 1.807) is 0 Å². The molecule has 5 heteroatoms. The van der Waals surface area contributed by atoms with Crippen LogP contribution in [-0.2, 0) is 39.8 Å². The minimum Gasteiger partial charge on any atom is -0.324 e. The first-order valence-corrected chi connectivity index (χ1v) is 9.00. The van der Waals surface area contributed by atoms with Gasteiger partial charge in [0.05, 0.1) is 23.8 Å². The van der Waals surface area contributed by atoms with Gasteiger partial charge in [-0.3, -0.25) is 4.40 Å². The van der Waals surface area contributed by atoms with Gasteiger partial charge >= 0.3 is 5.78 Å². The van der Waals surface area contributed by atoms with E-state index in [-0.39, 0.29) is 32.7 Å². The van der Waals surface area contributed by atoms with E-state index in [1.807, 2.05) is 35.9 Å². The van der Waals surface area contributed by atoms with Gasteiger partial charge in [0.2, 0.25) is 5.82 Å². The van der Waals surface area contributed by atoms with Crippen LogP contribution in [0.2, 0.25) is 0 Å². The second-order valence-corrected chi connectivity index (χ2v) is 6.79. The molecule has 0 unspecified atom stereocenters. The van der Waals surface area contributed by atoms with Gasteiger partial charge in [-0.2, -0.15) is 40.9 Å². The molecule has 0 aliphatic carbocycles. The van der Waals surface area contributed by atoms with Crippen LogP contribution in [0.15, 0.2) is 60.7 Å². The third-order valence-electron chi connectivity index (χ3n) is 5.20. The monoisotopic (exact) mass is 440 g/mol. The summed E-state index contributed by atoms with van der Waals surface area (Å²) < 4.78 is 6.45. The van der Waals surface area contributed by atoms with Crippen LogP contribution >= 0.6 is 0 Å². The second kappa shape index (κ2) is 7.27. The van der Waals surface area contributed by atoms with Crippen LogP contribution in [0.1, 0.15) is 11.4 Å². The fourth-order valence-electron chi connectivity index (χ4n) is 3.72. The number of hydrogen-bond donors (Lipinski definition) is 0. The molecule has 28 heavy (non-hydrogen) atoms. The molecule has 5 aromatic rings. The summed E-state index contributed by atoms with van der Waals surface area (Å²) in [7, 11) is 2.02. The maximum absolute atomic E-state index is 4.89. The van der Waals surface area contributed by atoms with Crippen LogP contribution in [0.25, 0.3) is 33.8 Å². The standard InChI is InChI=1S/C23H19N4.Y/c1-16-17(2)27(23-24-20-11-7-8-12-21(20)26(16)23)22-14-13-19(15-25(22)3)18-9-5-4-6-10-18;/h4-9,11-14H,1-3H3;/q-1;. The van der Waals surface area contributed by atoms with Gasteiger partial charge in [-0.1, -0.05) is 18.2 Å². The van der Waals surface area contributed by atoms with Gasteiger partial charge in [0.15, 0.2) is 0 Å². The number of aromatic nitrogens is 4. The first-order valence-electron chi connectivity index (χ1n) is 9.00. The van der Waals surface area contributed by atoms with E-state index in [2.05, 4.69) is 71.5 Å². The van der Waals surface area contributed by atoms with Crippen molar-refractivity contribution >= 4 is 16.8 Å². The van der Waals surface area contributed by atoms with E-state index in [1.165, 1.54) is 11.4 Å². The minimum atomic E-state index is 0. The van der Waals surface area contributed by atoms with Crippen molar-refractivity contribution in [2.45, 2.75) is 13.8 Å². The topological polar surface area (TPSA) is 26.1 Å².